The molecular formula is C25H29FN2O2. The van der Waals surface area contributed by atoms with E-state index in [9.17, 15) is 14.0 Å². The average molecular weight is 409 g/mol. The van der Waals surface area contributed by atoms with E-state index in [-0.39, 0.29) is 17.6 Å². The summed E-state index contributed by atoms with van der Waals surface area (Å²) in [5.74, 6) is 0.882. The summed E-state index contributed by atoms with van der Waals surface area (Å²) >= 11 is 0. The van der Waals surface area contributed by atoms with Gasteiger partial charge in [-0.05, 0) is 79.3 Å². The Labute approximate surface area is 177 Å². The lowest BCUT2D eigenvalue weighted by molar-refractivity contribution is -0.128. The molecule has 0 atom stereocenters. The van der Waals surface area contributed by atoms with E-state index in [1.807, 2.05) is 4.90 Å². The molecule has 0 radical (unpaired) electrons. The minimum atomic E-state index is -0.303. The summed E-state index contributed by atoms with van der Waals surface area (Å²) < 4.78 is 13.0. The molecule has 1 heterocycles. The second kappa shape index (κ2) is 9.41. The molecule has 0 bridgehead atoms. The van der Waals surface area contributed by atoms with E-state index in [1.165, 1.54) is 23.3 Å². The predicted octanol–water partition coefficient (Wildman–Crippen LogP) is 5.25. The van der Waals surface area contributed by atoms with Gasteiger partial charge in [-0.3, -0.25) is 9.59 Å². The van der Waals surface area contributed by atoms with Crippen LogP contribution in [0.25, 0.3) is 0 Å². The van der Waals surface area contributed by atoms with Crippen LogP contribution in [0.1, 0.15) is 62.0 Å². The van der Waals surface area contributed by atoms with Gasteiger partial charge < -0.3 is 10.2 Å². The van der Waals surface area contributed by atoms with Crippen LogP contribution in [0.4, 0.5) is 10.1 Å². The van der Waals surface area contributed by atoms with Crippen LogP contribution in [0.5, 0.6) is 0 Å². The second-order valence-electron chi connectivity index (χ2n) is 8.64. The number of hydrogen-bond acceptors (Lipinski definition) is 2. The third kappa shape index (κ3) is 5.26. The fraction of sp³-hybridized carbons (Fsp3) is 0.440. The van der Waals surface area contributed by atoms with E-state index < -0.39 is 0 Å². The minimum absolute atomic E-state index is 0.00216. The van der Waals surface area contributed by atoms with E-state index in [2.05, 4.69) is 29.6 Å². The third-order valence-corrected chi connectivity index (χ3v) is 6.42. The maximum absolute atomic E-state index is 13.0. The fourth-order valence-corrected chi connectivity index (χ4v) is 4.74. The first-order valence-electron chi connectivity index (χ1n) is 11.0. The Balaban J connectivity index is 1.27. The highest BCUT2D eigenvalue weighted by Crippen LogP contribution is 2.37. The van der Waals surface area contributed by atoms with E-state index >= 15 is 0 Å². The molecule has 158 valence electrons. The number of hydrogen-bond donors (Lipinski definition) is 1. The molecular weight excluding hydrogens is 379 g/mol. The standard InChI is InChI=1S/C25H29FN2O2/c26-22-10-12-23(13-11-22)27-24(29)16-18-6-8-20(9-7-18)21-4-1-3-19(15-21)17-28-14-2-5-25(28)30/h1,3-4,10-13,15,18,20H,2,5-9,14,16-17H2,(H,27,29)/t18-,20+. The molecule has 2 fully saturated rings. The molecule has 5 heteroatoms. The zero-order valence-corrected chi connectivity index (χ0v) is 17.3. The normalized spacial score (nSPS) is 21.6. The molecule has 2 aromatic carbocycles. The van der Waals surface area contributed by atoms with Crippen LogP contribution in [0, 0.1) is 11.7 Å². The first kappa shape index (κ1) is 20.6. The molecule has 1 N–H and O–H groups in total. The quantitative estimate of drug-likeness (QED) is 0.710. The number of rotatable bonds is 6. The van der Waals surface area contributed by atoms with Crippen molar-refractivity contribution in [1.29, 1.82) is 0 Å². The van der Waals surface area contributed by atoms with Gasteiger partial charge in [0.05, 0.1) is 0 Å². The smallest absolute Gasteiger partial charge is 0.224 e. The van der Waals surface area contributed by atoms with E-state index in [0.29, 0.717) is 36.9 Å². The van der Waals surface area contributed by atoms with Crippen LogP contribution >= 0.6 is 0 Å². The van der Waals surface area contributed by atoms with Gasteiger partial charge in [-0.2, -0.15) is 0 Å². The largest absolute Gasteiger partial charge is 0.338 e. The average Bonchev–Trinajstić information content (AvgIpc) is 3.15. The van der Waals surface area contributed by atoms with E-state index in [0.717, 1.165) is 38.6 Å². The lowest BCUT2D eigenvalue weighted by Gasteiger charge is -2.29. The number of benzene rings is 2. The number of anilines is 1. The first-order valence-corrected chi connectivity index (χ1v) is 11.0. The SMILES string of the molecule is O=C(C[C@H]1CC[C@@H](c2cccc(CN3CCCC3=O)c2)CC1)Nc1ccc(F)cc1. The van der Waals surface area contributed by atoms with Gasteiger partial charge in [0, 0.05) is 31.6 Å². The molecule has 4 nitrogen and oxygen atoms in total. The van der Waals surface area contributed by atoms with Crippen molar-refractivity contribution in [2.24, 2.45) is 5.92 Å². The molecule has 2 aromatic rings. The Bertz CT molecular complexity index is 888. The fourth-order valence-electron chi connectivity index (χ4n) is 4.74. The van der Waals surface area contributed by atoms with Crippen molar-refractivity contribution in [1.82, 2.24) is 4.90 Å². The van der Waals surface area contributed by atoms with Crippen LogP contribution in [0.15, 0.2) is 48.5 Å². The zero-order chi connectivity index (χ0) is 20.9. The lowest BCUT2D eigenvalue weighted by Crippen LogP contribution is -2.24. The van der Waals surface area contributed by atoms with Gasteiger partial charge in [-0.1, -0.05) is 24.3 Å². The Hall–Kier alpha value is -2.69. The van der Waals surface area contributed by atoms with Crippen LogP contribution in [-0.4, -0.2) is 23.3 Å². The summed E-state index contributed by atoms with van der Waals surface area (Å²) in [6, 6.07) is 14.6. The van der Waals surface area contributed by atoms with Gasteiger partial charge in [-0.25, -0.2) is 4.39 Å². The Morgan fingerprint density at radius 2 is 1.83 bits per heavy atom. The number of amides is 2. The molecule has 2 amide bonds. The van der Waals surface area contributed by atoms with Gasteiger partial charge in [0.15, 0.2) is 0 Å². The summed E-state index contributed by atoms with van der Waals surface area (Å²) in [4.78, 5) is 26.2. The van der Waals surface area contributed by atoms with Crippen molar-refractivity contribution < 1.29 is 14.0 Å². The molecule has 30 heavy (non-hydrogen) atoms. The molecule has 0 spiro atoms. The van der Waals surface area contributed by atoms with E-state index in [1.54, 1.807) is 12.1 Å². The van der Waals surface area contributed by atoms with Crippen molar-refractivity contribution in [2.75, 3.05) is 11.9 Å². The summed E-state index contributed by atoms with van der Waals surface area (Å²) in [5, 5.41) is 2.87. The molecule has 2 aliphatic rings. The van der Waals surface area contributed by atoms with Gasteiger partial charge in [0.2, 0.25) is 11.8 Å². The van der Waals surface area contributed by atoms with Crippen molar-refractivity contribution in [3.8, 4) is 0 Å². The minimum Gasteiger partial charge on any atom is -0.338 e. The van der Waals surface area contributed by atoms with Gasteiger partial charge in [-0.15, -0.1) is 0 Å². The van der Waals surface area contributed by atoms with Crippen LogP contribution in [-0.2, 0) is 16.1 Å². The molecule has 1 aliphatic carbocycles. The summed E-state index contributed by atoms with van der Waals surface area (Å²) in [6.45, 7) is 1.58. The first-order chi connectivity index (χ1) is 14.6. The summed E-state index contributed by atoms with van der Waals surface area (Å²) in [5.41, 5.74) is 3.21. The van der Waals surface area contributed by atoms with Crippen molar-refractivity contribution in [3.05, 3.63) is 65.5 Å². The molecule has 1 saturated carbocycles. The highest BCUT2D eigenvalue weighted by Gasteiger charge is 2.25. The maximum atomic E-state index is 13.0. The Kier molecular flexibility index (Phi) is 6.46. The van der Waals surface area contributed by atoms with Crippen molar-refractivity contribution in [3.63, 3.8) is 0 Å². The second-order valence-corrected chi connectivity index (χ2v) is 8.64. The van der Waals surface area contributed by atoms with Crippen molar-refractivity contribution in [2.45, 2.75) is 57.4 Å². The highest BCUT2D eigenvalue weighted by molar-refractivity contribution is 5.90. The number of nitrogens with zero attached hydrogens (tertiary/aromatic N) is 1. The summed E-state index contributed by atoms with van der Waals surface area (Å²) in [6.07, 6.45) is 6.41. The highest BCUT2D eigenvalue weighted by atomic mass is 19.1. The van der Waals surface area contributed by atoms with Gasteiger partial charge in [0.25, 0.3) is 0 Å². The number of likely N-dealkylation sites (tertiary alicyclic amines) is 1. The van der Waals surface area contributed by atoms with Crippen LogP contribution < -0.4 is 5.32 Å². The van der Waals surface area contributed by atoms with Gasteiger partial charge in [0.1, 0.15) is 5.82 Å². The van der Waals surface area contributed by atoms with Gasteiger partial charge >= 0.3 is 0 Å². The number of carbonyl (C=O) groups is 2. The monoisotopic (exact) mass is 408 g/mol. The Morgan fingerprint density at radius 3 is 2.53 bits per heavy atom. The zero-order valence-electron chi connectivity index (χ0n) is 17.3. The van der Waals surface area contributed by atoms with Crippen LogP contribution in [0.2, 0.25) is 0 Å². The number of halogens is 1. The van der Waals surface area contributed by atoms with Crippen LogP contribution in [0.3, 0.4) is 0 Å². The third-order valence-electron chi connectivity index (χ3n) is 6.42. The number of nitrogens with one attached hydrogen (secondary N) is 1. The number of carbonyl (C=O) groups excluding carboxylic acids is 2. The molecule has 0 unspecified atom stereocenters. The molecule has 1 saturated heterocycles. The maximum Gasteiger partial charge on any atom is 0.224 e. The molecule has 0 aromatic heterocycles. The van der Waals surface area contributed by atoms with Crippen molar-refractivity contribution >= 4 is 17.5 Å². The Morgan fingerprint density at radius 1 is 1.07 bits per heavy atom. The lowest BCUT2D eigenvalue weighted by atomic mass is 9.77. The topological polar surface area (TPSA) is 49.4 Å². The molecule has 1 aliphatic heterocycles. The summed E-state index contributed by atoms with van der Waals surface area (Å²) in [7, 11) is 0. The molecule has 4 rings (SSSR count). The predicted molar refractivity (Wildman–Crippen MR) is 115 cm³/mol. The van der Waals surface area contributed by atoms with E-state index in [4.69, 9.17) is 0 Å².